The molecule has 1 aliphatic heterocycles. The summed E-state index contributed by atoms with van der Waals surface area (Å²) < 4.78 is 6.65. The van der Waals surface area contributed by atoms with Crippen molar-refractivity contribution in [1.82, 2.24) is 5.32 Å². The molecule has 2 unspecified atom stereocenters. The van der Waals surface area contributed by atoms with Crippen molar-refractivity contribution < 1.29 is 4.74 Å². The van der Waals surface area contributed by atoms with Gasteiger partial charge in [-0.15, -0.1) is 0 Å². The molecule has 0 aliphatic carbocycles. The highest BCUT2D eigenvalue weighted by molar-refractivity contribution is 9.10. The highest BCUT2D eigenvalue weighted by Gasteiger charge is 2.12. The molecule has 0 fully saturated rings. The molecule has 2 rings (SSSR count). The van der Waals surface area contributed by atoms with E-state index in [9.17, 15) is 0 Å². The summed E-state index contributed by atoms with van der Waals surface area (Å²) in [7, 11) is 0. The summed E-state index contributed by atoms with van der Waals surface area (Å²) in [6.07, 6.45) is 6.45. The fraction of sp³-hybridized carbons (Fsp3) is 0.429. The van der Waals surface area contributed by atoms with Gasteiger partial charge in [0.05, 0.1) is 6.26 Å². The Kier molecular flexibility index (Phi) is 4.63. The molecule has 1 aromatic carbocycles. The van der Waals surface area contributed by atoms with Crippen molar-refractivity contribution >= 4 is 15.9 Å². The fourth-order valence-electron chi connectivity index (χ4n) is 1.91. The first-order valence-corrected chi connectivity index (χ1v) is 6.84. The van der Waals surface area contributed by atoms with Crippen LogP contribution in [0.2, 0.25) is 0 Å². The maximum atomic E-state index is 5.53. The van der Waals surface area contributed by atoms with Crippen molar-refractivity contribution in [3.63, 3.8) is 0 Å². The van der Waals surface area contributed by atoms with Gasteiger partial charge < -0.3 is 10.1 Å². The van der Waals surface area contributed by atoms with E-state index in [1.807, 2.05) is 6.26 Å². The van der Waals surface area contributed by atoms with Gasteiger partial charge in [-0.25, -0.2) is 0 Å². The Labute approximate surface area is 111 Å². The van der Waals surface area contributed by atoms with Crippen LogP contribution >= 0.6 is 15.9 Å². The second kappa shape index (κ2) is 6.22. The highest BCUT2D eigenvalue weighted by Crippen LogP contribution is 2.17. The summed E-state index contributed by atoms with van der Waals surface area (Å²) >= 11 is 3.45. The Bertz CT molecular complexity index is 374. The van der Waals surface area contributed by atoms with E-state index in [-0.39, 0.29) is 0 Å². The molecule has 92 valence electrons. The fourth-order valence-corrected chi connectivity index (χ4v) is 2.18. The van der Waals surface area contributed by atoms with E-state index in [1.165, 1.54) is 5.56 Å². The molecule has 0 bridgehead atoms. The molecule has 2 atom stereocenters. The summed E-state index contributed by atoms with van der Waals surface area (Å²) in [5.41, 5.74) is 1.31. The largest absolute Gasteiger partial charge is 0.497 e. The summed E-state index contributed by atoms with van der Waals surface area (Å²) in [6.45, 7) is 3.09. The van der Waals surface area contributed by atoms with Crippen LogP contribution in [0.3, 0.4) is 0 Å². The van der Waals surface area contributed by atoms with Gasteiger partial charge in [-0.2, -0.15) is 0 Å². The van der Waals surface area contributed by atoms with Gasteiger partial charge in [-0.05, 0) is 43.5 Å². The zero-order valence-electron chi connectivity index (χ0n) is 10.0. The number of hydrogen-bond acceptors (Lipinski definition) is 2. The van der Waals surface area contributed by atoms with E-state index in [1.54, 1.807) is 0 Å². The summed E-state index contributed by atoms with van der Waals surface area (Å²) in [4.78, 5) is 0. The van der Waals surface area contributed by atoms with Crippen molar-refractivity contribution in [2.45, 2.75) is 31.9 Å². The Morgan fingerprint density at radius 1 is 1.41 bits per heavy atom. The van der Waals surface area contributed by atoms with Crippen LogP contribution in [0.5, 0.6) is 0 Å². The quantitative estimate of drug-likeness (QED) is 0.912. The number of benzene rings is 1. The third kappa shape index (κ3) is 3.86. The lowest BCUT2D eigenvalue weighted by Gasteiger charge is -2.22. The molecule has 0 radical (unpaired) electrons. The van der Waals surface area contributed by atoms with Crippen molar-refractivity contribution in [2.75, 3.05) is 6.54 Å². The zero-order valence-corrected chi connectivity index (χ0v) is 11.6. The van der Waals surface area contributed by atoms with Gasteiger partial charge in [0.1, 0.15) is 6.10 Å². The van der Waals surface area contributed by atoms with Crippen LogP contribution in [0.15, 0.2) is 41.1 Å². The van der Waals surface area contributed by atoms with Gasteiger partial charge in [0, 0.05) is 17.1 Å². The second-order valence-electron chi connectivity index (χ2n) is 4.39. The lowest BCUT2D eigenvalue weighted by atomic mass is 10.1. The molecular weight excluding hydrogens is 278 g/mol. The molecule has 0 aromatic heterocycles. The SMILES string of the molecule is CC(NCC1CCC=CO1)c1ccc(Br)cc1. The van der Waals surface area contributed by atoms with Gasteiger partial charge in [-0.1, -0.05) is 28.1 Å². The predicted octanol–water partition coefficient (Wildman–Crippen LogP) is 3.79. The number of rotatable bonds is 4. The van der Waals surface area contributed by atoms with E-state index < -0.39 is 0 Å². The van der Waals surface area contributed by atoms with Gasteiger partial charge in [0.2, 0.25) is 0 Å². The van der Waals surface area contributed by atoms with E-state index in [0.29, 0.717) is 12.1 Å². The van der Waals surface area contributed by atoms with Crippen molar-refractivity contribution in [1.29, 1.82) is 0 Å². The maximum absolute atomic E-state index is 5.53. The van der Waals surface area contributed by atoms with Crippen LogP contribution in [0.1, 0.15) is 31.4 Å². The van der Waals surface area contributed by atoms with Gasteiger partial charge >= 0.3 is 0 Å². The van der Waals surface area contributed by atoms with Gasteiger partial charge in [0.25, 0.3) is 0 Å². The molecule has 2 nitrogen and oxygen atoms in total. The minimum Gasteiger partial charge on any atom is -0.497 e. The Morgan fingerprint density at radius 3 is 2.82 bits per heavy atom. The Balaban J connectivity index is 1.82. The Morgan fingerprint density at radius 2 is 2.18 bits per heavy atom. The van der Waals surface area contributed by atoms with E-state index in [2.05, 4.69) is 58.5 Å². The van der Waals surface area contributed by atoms with E-state index >= 15 is 0 Å². The standard InChI is InChI=1S/C14H18BrNO/c1-11(12-5-7-13(15)8-6-12)16-10-14-4-2-3-9-17-14/h3,5-9,11,14,16H,2,4,10H2,1H3. The molecule has 0 saturated carbocycles. The van der Waals surface area contributed by atoms with Crippen LogP contribution < -0.4 is 5.32 Å². The number of halogens is 1. The van der Waals surface area contributed by atoms with Crippen molar-refractivity contribution in [3.8, 4) is 0 Å². The number of allylic oxidation sites excluding steroid dienone is 1. The first-order chi connectivity index (χ1) is 8.25. The monoisotopic (exact) mass is 295 g/mol. The molecule has 0 amide bonds. The number of hydrogen-bond donors (Lipinski definition) is 1. The lowest BCUT2D eigenvalue weighted by Crippen LogP contribution is -2.31. The third-order valence-electron chi connectivity index (χ3n) is 3.04. The normalized spacial score (nSPS) is 20.9. The van der Waals surface area contributed by atoms with E-state index in [0.717, 1.165) is 23.9 Å². The average molecular weight is 296 g/mol. The van der Waals surface area contributed by atoms with Crippen molar-refractivity contribution in [2.24, 2.45) is 0 Å². The summed E-state index contributed by atoms with van der Waals surface area (Å²) in [6, 6.07) is 8.80. The van der Waals surface area contributed by atoms with Crippen LogP contribution in [0, 0.1) is 0 Å². The predicted molar refractivity (Wildman–Crippen MR) is 73.8 cm³/mol. The molecule has 3 heteroatoms. The van der Waals surface area contributed by atoms with Crippen LogP contribution in [0.4, 0.5) is 0 Å². The van der Waals surface area contributed by atoms with Gasteiger partial charge in [0.15, 0.2) is 0 Å². The first kappa shape index (κ1) is 12.7. The minimum atomic E-state index is 0.317. The summed E-state index contributed by atoms with van der Waals surface area (Å²) in [5, 5.41) is 3.51. The third-order valence-corrected chi connectivity index (χ3v) is 3.57. The molecule has 0 saturated heterocycles. The molecular formula is C14H18BrNO. The topological polar surface area (TPSA) is 21.3 Å². The zero-order chi connectivity index (χ0) is 12.1. The molecule has 1 N–H and O–H groups in total. The molecule has 0 spiro atoms. The highest BCUT2D eigenvalue weighted by atomic mass is 79.9. The second-order valence-corrected chi connectivity index (χ2v) is 5.30. The van der Waals surface area contributed by atoms with Gasteiger partial charge in [-0.3, -0.25) is 0 Å². The average Bonchev–Trinajstić information content (AvgIpc) is 2.38. The first-order valence-electron chi connectivity index (χ1n) is 6.05. The van der Waals surface area contributed by atoms with E-state index in [4.69, 9.17) is 4.74 Å². The maximum Gasteiger partial charge on any atom is 0.110 e. The van der Waals surface area contributed by atoms with Crippen LogP contribution in [-0.4, -0.2) is 12.6 Å². The lowest BCUT2D eigenvalue weighted by molar-refractivity contribution is 0.120. The smallest absolute Gasteiger partial charge is 0.110 e. The summed E-state index contributed by atoms with van der Waals surface area (Å²) in [5.74, 6) is 0. The molecule has 1 heterocycles. The molecule has 17 heavy (non-hydrogen) atoms. The van der Waals surface area contributed by atoms with Crippen LogP contribution in [0.25, 0.3) is 0 Å². The Hall–Kier alpha value is -0.800. The minimum absolute atomic E-state index is 0.317. The number of ether oxygens (including phenoxy) is 1. The van der Waals surface area contributed by atoms with Crippen molar-refractivity contribution in [3.05, 3.63) is 46.6 Å². The molecule has 1 aliphatic rings. The number of nitrogens with one attached hydrogen (secondary N) is 1. The molecule has 1 aromatic rings. The van der Waals surface area contributed by atoms with Crippen LogP contribution in [-0.2, 0) is 4.74 Å².